The lowest BCUT2D eigenvalue weighted by molar-refractivity contribution is 0.0772. The Morgan fingerprint density at radius 1 is 1.10 bits per heavy atom. The molecule has 2 aromatic carbocycles. The van der Waals surface area contributed by atoms with Crippen LogP contribution in [-0.4, -0.2) is 56.5 Å². The van der Waals surface area contributed by atoms with Crippen molar-refractivity contribution in [3.63, 3.8) is 0 Å². The first-order valence-electron chi connectivity index (χ1n) is 9.54. The zero-order chi connectivity index (χ0) is 20.2. The van der Waals surface area contributed by atoms with Crippen molar-refractivity contribution in [1.82, 2.24) is 14.7 Å². The number of nitrogens with zero attached hydrogens (tertiary/aromatic N) is 3. The molecule has 150 valence electrons. The summed E-state index contributed by atoms with van der Waals surface area (Å²) in [6, 6.07) is 17.6. The van der Waals surface area contributed by atoms with Gasteiger partial charge in [-0.05, 0) is 17.7 Å². The summed E-state index contributed by atoms with van der Waals surface area (Å²) in [4.78, 5) is 15.0. The number of ether oxygens (including phenoxy) is 1. The monoisotopic (exact) mass is 409 g/mol. The third-order valence-electron chi connectivity index (χ3n) is 4.99. The molecule has 29 heavy (non-hydrogen) atoms. The van der Waals surface area contributed by atoms with Crippen LogP contribution in [0.4, 0.5) is 0 Å². The highest BCUT2D eigenvalue weighted by Crippen LogP contribution is 2.27. The topological polar surface area (TPSA) is 64.4 Å². The van der Waals surface area contributed by atoms with Gasteiger partial charge in [0.2, 0.25) is 0 Å². The minimum absolute atomic E-state index is 0.0705. The third-order valence-corrected chi connectivity index (χ3v) is 6.26. The largest absolute Gasteiger partial charge is 0.497 e. The second-order valence-electron chi connectivity index (χ2n) is 6.95. The van der Waals surface area contributed by atoms with E-state index in [-0.39, 0.29) is 5.91 Å². The minimum atomic E-state index is -0.832. The lowest BCUT2D eigenvalue weighted by Gasteiger charge is -2.26. The molecule has 1 aliphatic rings. The number of rotatable bonds is 5. The van der Waals surface area contributed by atoms with E-state index in [2.05, 4.69) is 0 Å². The first kappa shape index (κ1) is 19.4. The molecule has 0 bridgehead atoms. The van der Waals surface area contributed by atoms with Gasteiger partial charge in [-0.15, -0.1) is 0 Å². The summed E-state index contributed by atoms with van der Waals surface area (Å²) < 4.78 is 18.8. The molecule has 0 N–H and O–H groups in total. The average molecular weight is 410 g/mol. The molecular formula is C22H23N3O3S. The maximum atomic E-state index is 13.3. The summed E-state index contributed by atoms with van der Waals surface area (Å²) in [6.07, 6.45) is 1.82. The van der Waals surface area contributed by atoms with Crippen LogP contribution in [0.3, 0.4) is 0 Å². The number of methoxy groups -OCH3 is 1. The van der Waals surface area contributed by atoms with E-state index in [0.717, 1.165) is 11.1 Å². The Kier molecular flexibility index (Phi) is 5.76. The van der Waals surface area contributed by atoms with Crippen molar-refractivity contribution in [2.75, 3.05) is 31.7 Å². The Balaban J connectivity index is 1.71. The number of hydrogen-bond donors (Lipinski definition) is 0. The number of hydrogen-bond acceptors (Lipinski definition) is 4. The predicted octanol–water partition coefficient (Wildman–Crippen LogP) is 2.81. The van der Waals surface area contributed by atoms with Crippen molar-refractivity contribution in [3.05, 3.63) is 71.9 Å². The van der Waals surface area contributed by atoms with Crippen molar-refractivity contribution in [1.29, 1.82) is 0 Å². The van der Waals surface area contributed by atoms with E-state index in [1.54, 1.807) is 16.7 Å². The molecule has 7 heteroatoms. The van der Waals surface area contributed by atoms with E-state index in [0.29, 0.717) is 48.1 Å². The predicted molar refractivity (Wildman–Crippen MR) is 114 cm³/mol. The molecule has 0 unspecified atom stereocenters. The second-order valence-corrected chi connectivity index (χ2v) is 8.64. The fraction of sp³-hybridized carbons (Fsp3) is 0.273. The van der Waals surface area contributed by atoms with Crippen LogP contribution < -0.4 is 4.74 Å². The standard InChI is InChI=1S/C22H23N3O3S/c1-28-19-9-5-8-18(14-19)21-20(22(26)24-10-12-29(27)13-11-24)16-25(23-21)15-17-6-3-2-4-7-17/h2-9,14,16H,10-13,15H2,1H3. The van der Waals surface area contributed by atoms with E-state index in [4.69, 9.17) is 9.84 Å². The molecule has 1 aliphatic heterocycles. The Labute approximate surface area is 172 Å². The summed E-state index contributed by atoms with van der Waals surface area (Å²) >= 11 is 0. The van der Waals surface area contributed by atoms with Gasteiger partial charge in [-0.25, -0.2) is 0 Å². The first-order chi connectivity index (χ1) is 14.1. The minimum Gasteiger partial charge on any atom is -0.497 e. The molecule has 0 atom stereocenters. The second kappa shape index (κ2) is 8.61. The van der Waals surface area contributed by atoms with Gasteiger partial charge < -0.3 is 9.64 Å². The van der Waals surface area contributed by atoms with Gasteiger partial charge in [0, 0.05) is 47.2 Å². The molecule has 0 radical (unpaired) electrons. The van der Waals surface area contributed by atoms with Crippen LogP contribution >= 0.6 is 0 Å². The number of amides is 1. The molecule has 0 spiro atoms. The van der Waals surface area contributed by atoms with Gasteiger partial charge in [0.15, 0.2) is 0 Å². The summed E-state index contributed by atoms with van der Waals surface area (Å²) in [5.74, 6) is 1.70. The van der Waals surface area contributed by atoms with E-state index < -0.39 is 10.8 Å². The quantitative estimate of drug-likeness (QED) is 0.650. The SMILES string of the molecule is COc1cccc(-c2nn(Cc3ccccc3)cc2C(=O)N2CCS(=O)CC2)c1. The molecule has 1 amide bonds. The molecule has 1 aromatic heterocycles. The van der Waals surface area contributed by atoms with Crippen LogP contribution in [0.25, 0.3) is 11.3 Å². The third kappa shape index (κ3) is 4.40. The van der Waals surface area contributed by atoms with Crippen LogP contribution in [0.5, 0.6) is 5.75 Å². The highest BCUT2D eigenvalue weighted by atomic mass is 32.2. The van der Waals surface area contributed by atoms with Crippen LogP contribution in [0.1, 0.15) is 15.9 Å². The Morgan fingerprint density at radius 2 is 1.86 bits per heavy atom. The van der Waals surface area contributed by atoms with Gasteiger partial charge in [-0.1, -0.05) is 42.5 Å². The Morgan fingerprint density at radius 3 is 2.59 bits per heavy atom. The summed E-state index contributed by atoms with van der Waals surface area (Å²) in [5, 5.41) is 4.74. The van der Waals surface area contributed by atoms with Gasteiger partial charge in [0.1, 0.15) is 11.4 Å². The van der Waals surface area contributed by atoms with E-state index in [9.17, 15) is 9.00 Å². The van der Waals surface area contributed by atoms with Gasteiger partial charge >= 0.3 is 0 Å². The van der Waals surface area contributed by atoms with Crippen molar-refractivity contribution in [3.8, 4) is 17.0 Å². The summed E-state index contributed by atoms with van der Waals surface area (Å²) in [6.45, 7) is 1.59. The maximum absolute atomic E-state index is 13.3. The van der Waals surface area contributed by atoms with Gasteiger partial charge in [-0.3, -0.25) is 13.7 Å². The molecule has 0 saturated carbocycles. The smallest absolute Gasteiger partial charge is 0.257 e. The highest BCUT2D eigenvalue weighted by molar-refractivity contribution is 7.85. The fourth-order valence-electron chi connectivity index (χ4n) is 3.42. The molecular weight excluding hydrogens is 386 g/mol. The molecule has 2 heterocycles. The molecule has 4 rings (SSSR count). The highest BCUT2D eigenvalue weighted by Gasteiger charge is 2.26. The van der Waals surface area contributed by atoms with Gasteiger partial charge in [0.25, 0.3) is 5.91 Å². The number of carbonyl (C=O) groups excluding carboxylic acids is 1. The van der Waals surface area contributed by atoms with Crippen LogP contribution in [0.15, 0.2) is 60.8 Å². The lowest BCUT2D eigenvalue weighted by atomic mass is 10.1. The van der Waals surface area contributed by atoms with Crippen molar-refractivity contribution in [2.24, 2.45) is 0 Å². The number of benzene rings is 2. The Hall–Kier alpha value is -2.93. The molecule has 0 aliphatic carbocycles. The van der Waals surface area contributed by atoms with Gasteiger partial charge in [0.05, 0.1) is 19.2 Å². The zero-order valence-electron chi connectivity index (χ0n) is 16.3. The normalized spacial score (nSPS) is 14.7. The maximum Gasteiger partial charge on any atom is 0.257 e. The first-order valence-corrected chi connectivity index (χ1v) is 11.0. The number of aromatic nitrogens is 2. The van der Waals surface area contributed by atoms with Gasteiger partial charge in [-0.2, -0.15) is 5.10 Å². The molecule has 1 saturated heterocycles. The van der Waals surface area contributed by atoms with Crippen LogP contribution in [0, 0.1) is 0 Å². The van der Waals surface area contributed by atoms with E-state index in [1.807, 2.05) is 60.8 Å². The van der Waals surface area contributed by atoms with E-state index in [1.165, 1.54) is 0 Å². The van der Waals surface area contributed by atoms with E-state index >= 15 is 0 Å². The summed E-state index contributed by atoms with van der Waals surface area (Å²) in [5.41, 5.74) is 3.14. The zero-order valence-corrected chi connectivity index (χ0v) is 17.1. The molecule has 6 nitrogen and oxygen atoms in total. The fourth-order valence-corrected chi connectivity index (χ4v) is 4.48. The molecule has 3 aromatic rings. The van der Waals surface area contributed by atoms with Crippen LogP contribution in [-0.2, 0) is 17.3 Å². The molecule has 1 fully saturated rings. The van der Waals surface area contributed by atoms with Crippen LogP contribution in [0.2, 0.25) is 0 Å². The van der Waals surface area contributed by atoms with Crippen molar-refractivity contribution in [2.45, 2.75) is 6.54 Å². The Bertz CT molecular complexity index is 1020. The van der Waals surface area contributed by atoms with Crippen molar-refractivity contribution < 1.29 is 13.7 Å². The number of carbonyl (C=O) groups is 1. The average Bonchev–Trinajstić information content (AvgIpc) is 3.18. The summed E-state index contributed by atoms with van der Waals surface area (Å²) in [7, 11) is 0.786. The lowest BCUT2D eigenvalue weighted by Crippen LogP contribution is -2.41. The van der Waals surface area contributed by atoms with Crippen molar-refractivity contribution >= 4 is 16.7 Å².